The number of ketones is 1. The summed E-state index contributed by atoms with van der Waals surface area (Å²) in [5.74, 6) is -0.956. The number of aromatic nitrogens is 1. The molecular weight excluding hydrogens is 439 g/mol. The average molecular weight is 465 g/mol. The number of Topliss-reactive ketones (excluding diaryl/α,β-unsaturated/α-hetero) is 1. The Morgan fingerprint density at radius 2 is 1.82 bits per heavy atom. The van der Waals surface area contributed by atoms with Crippen LogP contribution in [0.25, 0.3) is 0 Å². The molecule has 0 atom stereocenters. The number of benzene rings is 1. The number of nitrogens with zero attached hydrogens (tertiary/aromatic N) is 2. The van der Waals surface area contributed by atoms with Gasteiger partial charge in [0.2, 0.25) is 0 Å². The fourth-order valence-electron chi connectivity index (χ4n) is 3.89. The first-order chi connectivity index (χ1) is 15.5. The van der Waals surface area contributed by atoms with Crippen molar-refractivity contribution >= 4 is 23.5 Å². The van der Waals surface area contributed by atoms with Gasteiger partial charge < -0.3 is 19.5 Å². The van der Waals surface area contributed by atoms with Crippen LogP contribution in [-0.2, 0) is 18.0 Å². The maximum atomic E-state index is 13.3. The first-order valence-electron chi connectivity index (χ1n) is 10.6. The number of nitrogens with one attached hydrogen (secondary N) is 1. The first-order valence-corrected chi connectivity index (χ1v) is 10.6. The summed E-state index contributed by atoms with van der Waals surface area (Å²) in [7, 11) is 1.64. The Kier molecular flexibility index (Phi) is 6.85. The third kappa shape index (κ3) is 5.04. The van der Waals surface area contributed by atoms with Crippen LogP contribution in [0.5, 0.6) is 0 Å². The van der Waals surface area contributed by atoms with Gasteiger partial charge in [0.1, 0.15) is 5.69 Å². The lowest BCUT2D eigenvalue weighted by molar-refractivity contribution is -0.136. The SMILES string of the molecule is CCOC(=O)c1c(C)c(C(=O)CN(C(=O)Nc2ccccc2C(F)(F)F)C2CC2)c(C)n1C. The highest BCUT2D eigenvalue weighted by molar-refractivity contribution is 6.05. The Morgan fingerprint density at radius 3 is 2.39 bits per heavy atom. The molecule has 33 heavy (non-hydrogen) atoms. The number of ether oxygens (including phenoxy) is 1. The number of halogens is 3. The zero-order chi connectivity index (χ0) is 24.5. The monoisotopic (exact) mass is 465 g/mol. The lowest BCUT2D eigenvalue weighted by Gasteiger charge is -2.23. The molecule has 1 aliphatic rings. The number of urea groups is 1. The van der Waals surface area contributed by atoms with Gasteiger partial charge in [-0.3, -0.25) is 4.79 Å². The van der Waals surface area contributed by atoms with Crippen LogP contribution in [0.15, 0.2) is 24.3 Å². The normalized spacial score (nSPS) is 13.5. The summed E-state index contributed by atoms with van der Waals surface area (Å²) in [5.41, 5.74) is 0.198. The Bertz CT molecular complexity index is 1090. The van der Waals surface area contributed by atoms with Gasteiger partial charge in [0.15, 0.2) is 5.78 Å². The molecule has 2 aromatic rings. The Morgan fingerprint density at radius 1 is 1.18 bits per heavy atom. The molecule has 10 heteroatoms. The van der Waals surface area contributed by atoms with Crippen LogP contribution >= 0.6 is 0 Å². The van der Waals surface area contributed by atoms with Gasteiger partial charge in [0.25, 0.3) is 0 Å². The van der Waals surface area contributed by atoms with E-state index in [2.05, 4.69) is 5.32 Å². The van der Waals surface area contributed by atoms with E-state index in [0.29, 0.717) is 29.7 Å². The van der Waals surface area contributed by atoms with E-state index in [9.17, 15) is 27.6 Å². The third-order valence-electron chi connectivity index (χ3n) is 5.71. The molecule has 2 amide bonds. The summed E-state index contributed by atoms with van der Waals surface area (Å²) in [6, 6.07) is 3.68. The van der Waals surface area contributed by atoms with E-state index in [0.717, 1.165) is 6.07 Å². The minimum absolute atomic E-state index is 0.181. The molecule has 0 spiro atoms. The highest BCUT2D eigenvalue weighted by atomic mass is 19.4. The van der Waals surface area contributed by atoms with Gasteiger partial charge in [-0.2, -0.15) is 13.2 Å². The van der Waals surface area contributed by atoms with Gasteiger partial charge in [-0.1, -0.05) is 12.1 Å². The van der Waals surface area contributed by atoms with Gasteiger partial charge in [-0.15, -0.1) is 0 Å². The predicted molar refractivity (Wildman–Crippen MR) is 115 cm³/mol. The predicted octanol–water partition coefficient (Wildman–Crippen LogP) is 4.72. The van der Waals surface area contributed by atoms with Crippen molar-refractivity contribution in [1.29, 1.82) is 0 Å². The molecule has 0 saturated heterocycles. The highest BCUT2D eigenvalue weighted by Crippen LogP contribution is 2.35. The molecule has 1 fully saturated rings. The van der Waals surface area contributed by atoms with Crippen molar-refractivity contribution in [2.24, 2.45) is 7.05 Å². The Hall–Kier alpha value is -3.30. The van der Waals surface area contributed by atoms with Crippen molar-refractivity contribution in [1.82, 2.24) is 9.47 Å². The lowest BCUT2D eigenvalue weighted by atomic mass is 10.1. The van der Waals surface area contributed by atoms with Crippen molar-refractivity contribution in [3.8, 4) is 0 Å². The summed E-state index contributed by atoms with van der Waals surface area (Å²) in [4.78, 5) is 39.7. The largest absolute Gasteiger partial charge is 0.461 e. The molecule has 0 radical (unpaired) electrons. The third-order valence-corrected chi connectivity index (χ3v) is 5.71. The summed E-state index contributed by atoms with van der Waals surface area (Å²) in [6.07, 6.45) is -3.32. The number of hydrogen-bond acceptors (Lipinski definition) is 4. The molecule has 1 N–H and O–H groups in total. The smallest absolute Gasteiger partial charge is 0.418 e. The second kappa shape index (κ2) is 9.29. The first kappa shape index (κ1) is 24.3. The molecule has 7 nitrogen and oxygen atoms in total. The van der Waals surface area contributed by atoms with Crippen LogP contribution in [0.3, 0.4) is 0 Å². The number of para-hydroxylation sites is 1. The minimum atomic E-state index is -4.63. The Balaban J connectivity index is 1.85. The number of carbonyl (C=O) groups is 3. The molecule has 0 bridgehead atoms. The molecule has 0 aliphatic heterocycles. The van der Waals surface area contributed by atoms with Gasteiger partial charge >= 0.3 is 18.2 Å². The molecule has 3 rings (SSSR count). The van der Waals surface area contributed by atoms with E-state index in [1.807, 2.05) is 0 Å². The maximum Gasteiger partial charge on any atom is 0.418 e. The zero-order valence-electron chi connectivity index (χ0n) is 18.9. The zero-order valence-corrected chi connectivity index (χ0v) is 18.9. The van der Waals surface area contributed by atoms with Gasteiger partial charge in [-0.05, 0) is 51.3 Å². The Labute approximate surface area is 189 Å². The second-order valence-electron chi connectivity index (χ2n) is 7.97. The van der Waals surface area contributed by atoms with Crippen LogP contribution in [0.1, 0.15) is 57.4 Å². The van der Waals surface area contributed by atoms with Crippen molar-refractivity contribution in [2.45, 2.75) is 45.8 Å². The second-order valence-corrected chi connectivity index (χ2v) is 7.97. The van der Waals surface area contributed by atoms with Crippen LogP contribution in [0.4, 0.5) is 23.7 Å². The van der Waals surface area contributed by atoms with E-state index in [1.165, 1.54) is 23.1 Å². The molecule has 1 heterocycles. The summed E-state index contributed by atoms with van der Waals surface area (Å²) < 4.78 is 46.5. The van der Waals surface area contributed by atoms with E-state index in [4.69, 9.17) is 4.74 Å². The van der Waals surface area contributed by atoms with E-state index in [-0.39, 0.29) is 30.6 Å². The summed E-state index contributed by atoms with van der Waals surface area (Å²) in [5, 5.41) is 2.31. The average Bonchev–Trinajstić information content (AvgIpc) is 3.53. The number of hydrogen-bond donors (Lipinski definition) is 1. The van der Waals surface area contributed by atoms with Gasteiger partial charge in [0, 0.05) is 24.3 Å². The topological polar surface area (TPSA) is 80.6 Å². The van der Waals surface area contributed by atoms with Crippen molar-refractivity contribution in [3.63, 3.8) is 0 Å². The highest BCUT2D eigenvalue weighted by Gasteiger charge is 2.38. The van der Waals surface area contributed by atoms with E-state index >= 15 is 0 Å². The van der Waals surface area contributed by atoms with Crippen molar-refractivity contribution in [2.75, 3.05) is 18.5 Å². The summed E-state index contributed by atoms with van der Waals surface area (Å²) in [6.45, 7) is 4.86. The molecular formula is C23H26F3N3O4. The lowest BCUT2D eigenvalue weighted by Crippen LogP contribution is -2.41. The number of amides is 2. The quantitative estimate of drug-likeness (QED) is 0.474. The van der Waals surface area contributed by atoms with Gasteiger partial charge in [-0.25, -0.2) is 9.59 Å². The van der Waals surface area contributed by atoms with Crippen molar-refractivity contribution < 1.29 is 32.3 Å². The number of rotatable bonds is 7. The maximum absolute atomic E-state index is 13.3. The number of esters is 1. The molecule has 1 aliphatic carbocycles. The van der Waals surface area contributed by atoms with Crippen LogP contribution in [0.2, 0.25) is 0 Å². The molecule has 0 unspecified atom stereocenters. The number of alkyl halides is 3. The number of carbonyl (C=O) groups excluding carboxylic acids is 3. The molecule has 1 saturated carbocycles. The minimum Gasteiger partial charge on any atom is -0.461 e. The van der Waals surface area contributed by atoms with Crippen molar-refractivity contribution in [3.05, 3.63) is 52.3 Å². The van der Waals surface area contributed by atoms with Gasteiger partial charge in [0.05, 0.1) is 24.4 Å². The standard InChI is InChI=1S/C23H26F3N3O4/c1-5-33-21(31)20-13(2)19(14(3)28(20)4)18(30)12-29(15-10-11-15)22(32)27-17-9-7-6-8-16(17)23(24,25)26/h6-9,15H,5,10-12H2,1-4H3,(H,27,32). The van der Waals surface area contributed by atoms with E-state index in [1.54, 1.807) is 32.4 Å². The number of anilines is 1. The van der Waals surface area contributed by atoms with Crippen LogP contribution in [-0.4, -0.2) is 46.4 Å². The molecule has 1 aromatic carbocycles. The van der Waals surface area contributed by atoms with Crippen LogP contribution in [0, 0.1) is 13.8 Å². The van der Waals surface area contributed by atoms with Crippen LogP contribution < -0.4 is 5.32 Å². The molecule has 1 aromatic heterocycles. The van der Waals surface area contributed by atoms with E-state index < -0.39 is 29.5 Å². The summed E-state index contributed by atoms with van der Waals surface area (Å²) >= 11 is 0. The fourth-order valence-corrected chi connectivity index (χ4v) is 3.89. The molecule has 178 valence electrons. The fraction of sp³-hybridized carbons (Fsp3) is 0.435.